The van der Waals surface area contributed by atoms with Gasteiger partial charge in [-0.15, -0.1) is 0 Å². The molecule has 0 bridgehead atoms. The number of primary amides is 1. The Morgan fingerprint density at radius 1 is 1.50 bits per heavy atom. The van der Waals surface area contributed by atoms with Crippen molar-refractivity contribution in [3.8, 4) is 5.75 Å². The van der Waals surface area contributed by atoms with Gasteiger partial charge in [-0.25, -0.2) is 10.2 Å². The van der Waals surface area contributed by atoms with Crippen molar-refractivity contribution in [3.63, 3.8) is 0 Å². The zero-order valence-electron chi connectivity index (χ0n) is 11.2. The van der Waals surface area contributed by atoms with E-state index in [1.807, 2.05) is 13.8 Å². The lowest BCUT2D eigenvalue weighted by molar-refractivity contribution is 0.0861. The van der Waals surface area contributed by atoms with E-state index in [2.05, 4.69) is 10.5 Å². The van der Waals surface area contributed by atoms with Crippen molar-refractivity contribution >= 4 is 34.9 Å². The Hall–Kier alpha value is -1.46. The first-order valence-corrected chi connectivity index (χ1v) is 6.90. The third kappa shape index (κ3) is 2.99. The van der Waals surface area contributed by atoms with Gasteiger partial charge in [-0.1, -0.05) is 30.1 Å². The van der Waals surface area contributed by atoms with Gasteiger partial charge in [0.05, 0.1) is 15.8 Å². The highest BCUT2D eigenvalue weighted by Gasteiger charge is 2.34. The lowest BCUT2D eigenvalue weighted by Gasteiger charge is -2.35. The molecule has 20 heavy (non-hydrogen) atoms. The van der Waals surface area contributed by atoms with Gasteiger partial charge in [-0.3, -0.25) is 0 Å². The number of hydrogen-bond donors (Lipinski definition) is 2. The number of urea groups is 1. The second kappa shape index (κ2) is 5.50. The molecule has 5 nitrogen and oxygen atoms in total. The van der Waals surface area contributed by atoms with E-state index in [0.29, 0.717) is 33.5 Å². The Labute approximate surface area is 127 Å². The summed E-state index contributed by atoms with van der Waals surface area (Å²) >= 11 is 12.0. The second-order valence-electron chi connectivity index (χ2n) is 4.88. The molecule has 2 rings (SSSR count). The first-order chi connectivity index (χ1) is 9.34. The average molecular weight is 316 g/mol. The SMILES string of the molecule is CCC1(C)C/C(=N\NC(N)=O)c2cc(Cl)c(Cl)cc2O1. The predicted molar refractivity (Wildman–Crippen MR) is 79.7 cm³/mol. The normalized spacial score (nSPS) is 23.1. The van der Waals surface area contributed by atoms with E-state index in [9.17, 15) is 4.79 Å². The standard InChI is InChI=1S/C13H15Cl2N3O2/c1-3-13(2)6-10(17-18-12(16)19)7-4-8(14)9(15)5-11(7)20-13/h4-5H,3,6H2,1-2H3,(H3,16,18,19)/b17-10+. The Morgan fingerprint density at radius 2 is 2.15 bits per heavy atom. The van der Waals surface area contributed by atoms with Crippen molar-refractivity contribution < 1.29 is 9.53 Å². The van der Waals surface area contributed by atoms with Gasteiger partial charge in [-0.2, -0.15) is 5.10 Å². The minimum absolute atomic E-state index is 0.404. The van der Waals surface area contributed by atoms with E-state index < -0.39 is 11.6 Å². The summed E-state index contributed by atoms with van der Waals surface area (Å²) in [5, 5.41) is 4.86. The molecule has 108 valence electrons. The van der Waals surface area contributed by atoms with E-state index in [4.69, 9.17) is 33.7 Å². The molecule has 0 fully saturated rings. The Kier molecular flexibility index (Phi) is 4.11. The first kappa shape index (κ1) is 14.9. The number of carbonyl (C=O) groups is 1. The smallest absolute Gasteiger partial charge is 0.332 e. The molecule has 1 unspecified atom stereocenters. The van der Waals surface area contributed by atoms with Crippen LogP contribution in [0.1, 0.15) is 32.3 Å². The van der Waals surface area contributed by atoms with Gasteiger partial charge in [0.2, 0.25) is 0 Å². The summed E-state index contributed by atoms with van der Waals surface area (Å²) in [4.78, 5) is 10.8. The van der Waals surface area contributed by atoms with Crippen molar-refractivity contribution in [1.29, 1.82) is 0 Å². The van der Waals surface area contributed by atoms with Crippen molar-refractivity contribution in [2.75, 3.05) is 0 Å². The van der Waals surface area contributed by atoms with Crippen molar-refractivity contribution in [2.45, 2.75) is 32.3 Å². The summed E-state index contributed by atoms with van der Waals surface area (Å²) < 4.78 is 5.97. The molecule has 0 aliphatic carbocycles. The van der Waals surface area contributed by atoms with Gasteiger partial charge in [0.1, 0.15) is 11.4 Å². The van der Waals surface area contributed by atoms with Crippen LogP contribution in [-0.4, -0.2) is 17.3 Å². The first-order valence-electron chi connectivity index (χ1n) is 6.15. The molecule has 3 N–H and O–H groups in total. The van der Waals surface area contributed by atoms with Crippen LogP contribution in [0.15, 0.2) is 17.2 Å². The topological polar surface area (TPSA) is 76.7 Å². The fourth-order valence-electron chi connectivity index (χ4n) is 2.01. The highest BCUT2D eigenvalue weighted by Crippen LogP contribution is 2.39. The van der Waals surface area contributed by atoms with E-state index in [0.717, 1.165) is 6.42 Å². The molecule has 0 aromatic heterocycles. The van der Waals surface area contributed by atoms with Crippen LogP contribution in [0.3, 0.4) is 0 Å². The number of ether oxygens (including phenoxy) is 1. The van der Waals surface area contributed by atoms with Crippen molar-refractivity contribution in [3.05, 3.63) is 27.7 Å². The molecule has 1 aliphatic heterocycles. The summed E-state index contributed by atoms with van der Waals surface area (Å²) in [7, 11) is 0. The quantitative estimate of drug-likeness (QED) is 0.821. The molecule has 1 aromatic carbocycles. The minimum atomic E-state index is -0.719. The monoisotopic (exact) mass is 315 g/mol. The second-order valence-corrected chi connectivity index (χ2v) is 5.69. The molecular weight excluding hydrogens is 301 g/mol. The molecule has 0 radical (unpaired) electrons. The number of hydrogen-bond acceptors (Lipinski definition) is 3. The van der Waals surface area contributed by atoms with Crippen LogP contribution in [-0.2, 0) is 0 Å². The highest BCUT2D eigenvalue weighted by atomic mass is 35.5. The van der Waals surface area contributed by atoms with E-state index in [1.54, 1.807) is 12.1 Å². The van der Waals surface area contributed by atoms with Crippen LogP contribution in [0.4, 0.5) is 4.79 Å². The summed E-state index contributed by atoms with van der Waals surface area (Å²) in [6.45, 7) is 3.99. The van der Waals surface area contributed by atoms with Crippen LogP contribution in [0.25, 0.3) is 0 Å². The maximum atomic E-state index is 10.8. The number of benzene rings is 1. The molecule has 0 saturated heterocycles. The molecular formula is C13H15Cl2N3O2. The van der Waals surface area contributed by atoms with Crippen LogP contribution in [0, 0.1) is 0 Å². The summed E-state index contributed by atoms with van der Waals surface area (Å²) in [6, 6.07) is 2.62. The number of rotatable bonds is 2. The molecule has 2 amide bonds. The Bertz CT molecular complexity index is 589. The summed E-state index contributed by atoms with van der Waals surface area (Å²) in [5.41, 5.74) is 8.25. The molecule has 7 heteroatoms. The van der Waals surface area contributed by atoms with E-state index in [1.165, 1.54) is 0 Å². The molecule has 1 atom stereocenters. The fourth-order valence-corrected chi connectivity index (χ4v) is 2.33. The molecule has 0 saturated carbocycles. The number of nitrogens with two attached hydrogens (primary N) is 1. The maximum absolute atomic E-state index is 10.8. The van der Waals surface area contributed by atoms with Crippen LogP contribution in [0.2, 0.25) is 10.0 Å². The maximum Gasteiger partial charge on any atom is 0.332 e. The predicted octanol–water partition coefficient (Wildman–Crippen LogP) is 3.32. The number of nitrogens with zero attached hydrogens (tertiary/aromatic N) is 1. The third-order valence-electron chi connectivity index (χ3n) is 3.28. The van der Waals surface area contributed by atoms with E-state index >= 15 is 0 Å². The van der Waals surface area contributed by atoms with Crippen LogP contribution >= 0.6 is 23.2 Å². The van der Waals surface area contributed by atoms with Gasteiger partial charge in [0, 0.05) is 18.1 Å². The van der Waals surface area contributed by atoms with E-state index in [-0.39, 0.29) is 0 Å². The summed E-state index contributed by atoms with van der Waals surface area (Å²) in [5.74, 6) is 0.597. The molecule has 1 heterocycles. The van der Waals surface area contributed by atoms with Gasteiger partial charge < -0.3 is 10.5 Å². The van der Waals surface area contributed by atoms with Crippen LogP contribution < -0.4 is 15.9 Å². The Balaban J connectivity index is 2.50. The largest absolute Gasteiger partial charge is 0.486 e. The fraction of sp³-hybridized carbons (Fsp3) is 0.385. The zero-order chi connectivity index (χ0) is 14.9. The zero-order valence-corrected chi connectivity index (χ0v) is 12.7. The molecule has 0 spiro atoms. The number of hydrazone groups is 1. The van der Waals surface area contributed by atoms with Gasteiger partial charge >= 0.3 is 6.03 Å². The molecule has 1 aromatic rings. The van der Waals surface area contributed by atoms with Crippen molar-refractivity contribution in [2.24, 2.45) is 10.8 Å². The Morgan fingerprint density at radius 3 is 2.75 bits per heavy atom. The highest BCUT2D eigenvalue weighted by molar-refractivity contribution is 6.42. The number of nitrogens with one attached hydrogen (secondary N) is 1. The lowest BCUT2D eigenvalue weighted by Crippen LogP contribution is -2.39. The summed E-state index contributed by atoms with van der Waals surface area (Å²) in [6.07, 6.45) is 1.32. The number of carbonyl (C=O) groups excluding carboxylic acids is 1. The lowest BCUT2D eigenvalue weighted by atomic mass is 9.89. The van der Waals surface area contributed by atoms with Gasteiger partial charge in [-0.05, 0) is 19.4 Å². The third-order valence-corrected chi connectivity index (χ3v) is 4.00. The van der Waals surface area contributed by atoms with Gasteiger partial charge in [0.25, 0.3) is 0 Å². The number of amides is 2. The van der Waals surface area contributed by atoms with Gasteiger partial charge in [0.15, 0.2) is 0 Å². The average Bonchev–Trinajstić information content (AvgIpc) is 2.38. The van der Waals surface area contributed by atoms with Crippen molar-refractivity contribution in [1.82, 2.24) is 5.43 Å². The minimum Gasteiger partial charge on any atom is -0.486 e. The van der Waals surface area contributed by atoms with Crippen LogP contribution in [0.5, 0.6) is 5.75 Å². The molecule has 1 aliphatic rings. The number of halogens is 2. The number of fused-ring (bicyclic) bond motifs is 1.